The van der Waals surface area contributed by atoms with Gasteiger partial charge in [-0.05, 0) is 61.1 Å². The van der Waals surface area contributed by atoms with Crippen molar-refractivity contribution >= 4 is 28.5 Å². The summed E-state index contributed by atoms with van der Waals surface area (Å²) in [5.41, 5.74) is 3.68. The molecule has 6 heteroatoms. The lowest BCUT2D eigenvalue weighted by molar-refractivity contribution is -0.119. The molecule has 0 radical (unpaired) electrons. The SMILES string of the molecule is CC1CCc2nc3ccccc3c(C(=O)OCC(=O)Nc3ccccc3Oc3ccccc3)c2C1. The van der Waals surface area contributed by atoms with E-state index < -0.39 is 18.5 Å². The van der Waals surface area contributed by atoms with Crippen LogP contribution in [0.15, 0.2) is 78.9 Å². The van der Waals surface area contributed by atoms with Crippen molar-refractivity contribution in [2.24, 2.45) is 5.92 Å². The zero-order chi connectivity index (χ0) is 24.2. The lowest BCUT2D eigenvalue weighted by Gasteiger charge is -2.24. The molecule has 3 aromatic carbocycles. The number of esters is 1. The molecule has 1 aliphatic carbocycles. The fourth-order valence-corrected chi connectivity index (χ4v) is 4.46. The van der Waals surface area contributed by atoms with Crippen LogP contribution in [0.5, 0.6) is 11.5 Å². The number of ether oxygens (including phenoxy) is 2. The van der Waals surface area contributed by atoms with Crippen molar-refractivity contribution in [3.63, 3.8) is 0 Å². The number of aryl methyl sites for hydroxylation is 1. The quantitative estimate of drug-likeness (QED) is 0.356. The first-order valence-electron chi connectivity index (χ1n) is 11.8. The number of carbonyl (C=O) groups is 2. The molecular formula is C29H26N2O4. The van der Waals surface area contributed by atoms with Crippen molar-refractivity contribution in [2.45, 2.75) is 26.2 Å². The number of anilines is 1. The summed E-state index contributed by atoms with van der Waals surface area (Å²) >= 11 is 0. The third kappa shape index (κ3) is 5.01. The number of rotatable bonds is 6. The molecule has 0 saturated carbocycles. The molecule has 5 rings (SSSR count). The average molecular weight is 467 g/mol. The smallest absolute Gasteiger partial charge is 0.339 e. The standard InChI is InChI=1S/C29H26N2O4/c1-19-15-16-24-22(17-19)28(21-11-5-6-12-23(21)30-24)29(33)34-18-27(32)31-25-13-7-8-14-26(25)35-20-9-3-2-4-10-20/h2-14,19H,15-18H2,1H3,(H,31,32). The summed E-state index contributed by atoms with van der Waals surface area (Å²) in [6, 6.07) is 24.0. The van der Waals surface area contributed by atoms with Crippen molar-refractivity contribution in [3.05, 3.63) is 95.7 Å². The van der Waals surface area contributed by atoms with Crippen molar-refractivity contribution in [1.29, 1.82) is 0 Å². The fourth-order valence-electron chi connectivity index (χ4n) is 4.46. The van der Waals surface area contributed by atoms with Crippen molar-refractivity contribution in [3.8, 4) is 11.5 Å². The Morgan fingerprint density at radius 2 is 1.71 bits per heavy atom. The van der Waals surface area contributed by atoms with Crippen LogP contribution in [0.4, 0.5) is 5.69 Å². The number of benzene rings is 3. The molecule has 0 saturated heterocycles. The van der Waals surface area contributed by atoms with Crippen LogP contribution in [0.1, 0.15) is 35.0 Å². The number of aromatic nitrogens is 1. The first-order valence-corrected chi connectivity index (χ1v) is 11.8. The summed E-state index contributed by atoms with van der Waals surface area (Å²) in [6.45, 7) is 1.77. The molecule has 176 valence electrons. The molecule has 1 unspecified atom stereocenters. The molecule has 0 spiro atoms. The van der Waals surface area contributed by atoms with Crippen LogP contribution in [-0.4, -0.2) is 23.5 Å². The van der Waals surface area contributed by atoms with Crippen LogP contribution < -0.4 is 10.1 Å². The van der Waals surface area contributed by atoms with Gasteiger partial charge in [-0.2, -0.15) is 0 Å². The Labute approximate surface area is 203 Å². The first kappa shape index (κ1) is 22.6. The Morgan fingerprint density at radius 3 is 2.57 bits per heavy atom. The number of para-hydroxylation sites is 4. The van der Waals surface area contributed by atoms with Gasteiger partial charge in [0.25, 0.3) is 5.91 Å². The van der Waals surface area contributed by atoms with Gasteiger partial charge in [0, 0.05) is 11.1 Å². The van der Waals surface area contributed by atoms with Gasteiger partial charge in [-0.3, -0.25) is 9.78 Å². The topological polar surface area (TPSA) is 77.5 Å². The van der Waals surface area contributed by atoms with Gasteiger partial charge >= 0.3 is 5.97 Å². The van der Waals surface area contributed by atoms with E-state index in [1.54, 1.807) is 18.2 Å². The maximum Gasteiger partial charge on any atom is 0.339 e. The van der Waals surface area contributed by atoms with E-state index in [1.165, 1.54) is 0 Å². The summed E-state index contributed by atoms with van der Waals surface area (Å²) in [7, 11) is 0. The molecular weight excluding hydrogens is 440 g/mol. The lowest BCUT2D eigenvalue weighted by atomic mass is 9.84. The number of nitrogens with zero attached hydrogens (tertiary/aromatic N) is 1. The highest BCUT2D eigenvalue weighted by Gasteiger charge is 2.26. The molecule has 1 aliphatic rings. The highest BCUT2D eigenvalue weighted by atomic mass is 16.5. The van der Waals surface area contributed by atoms with Crippen LogP contribution in [0.2, 0.25) is 0 Å². The van der Waals surface area contributed by atoms with Gasteiger partial charge in [0.1, 0.15) is 5.75 Å². The number of hydrogen-bond acceptors (Lipinski definition) is 5. The van der Waals surface area contributed by atoms with Gasteiger partial charge in [0.2, 0.25) is 0 Å². The lowest BCUT2D eigenvalue weighted by Crippen LogP contribution is -2.23. The third-order valence-electron chi connectivity index (χ3n) is 6.18. The van der Waals surface area contributed by atoms with Crippen LogP contribution >= 0.6 is 0 Å². The van der Waals surface area contributed by atoms with Gasteiger partial charge in [-0.1, -0.05) is 55.5 Å². The normalized spacial score (nSPS) is 14.7. The predicted octanol–water partition coefficient (Wildman–Crippen LogP) is 5.95. The molecule has 1 amide bonds. The van der Waals surface area contributed by atoms with Crippen molar-refractivity contribution < 1.29 is 19.1 Å². The minimum Gasteiger partial charge on any atom is -0.455 e. The number of carbonyl (C=O) groups excluding carboxylic acids is 2. The van der Waals surface area contributed by atoms with Gasteiger partial charge < -0.3 is 14.8 Å². The number of fused-ring (bicyclic) bond motifs is 2. The Morgan fingerprint density at radius 1 is 0.971 bits per heavy atom. The van der Waals surface area contributed by atoms with Gasteiger partial charge in [0.15, 0.2) is 12.4 Å². The van der Waals surface area contributed by atoms with E-state index in [0.29, 0.717) is 28.7 Å². The zero-order valence-corrected chi connectivity index (χ0v) is 19.5. The Kier molecular flexibility index (Phi) is 6.44. The van der Waals surface area contributed by atoms with E-state index in [9.17, 15) is 9.59 Å². The highest BCUT2D eigenvalue weighted by molar-refractivity contribution is 6.06. The van der Waals surface area contributed by atoms with E-state index in [2.05, 4.69) is 12.2 Å². The molecule has 1 heterocycles. The second-order valence-electron chi connectivity index (χ2n) is 8.81. The second-order valence-corrected chi connectivity index (χ2v) is 8.81. The molecule has 35 heavy (non-hydrogen) atoms. The van der Waals surface area contributed by atoms with Gasteiger partial charge in [0.05, 0.1) is 16.8 Å². The Bertz CT molecular complexity index is 1380. The molecule has 1 N–H and O–H groups in total. The van der Waals surface area contributed by atoms with E-state index in [1.807, 2.05) is 60.7 Å². The molecule has 4 aromatic rings. The largest absolute Gasteiger partial charge is 0.455 e. The highest BCUT2D eigenvalue weighted by Crippen LogP contribution is 2.32. The van der Waals surface area contributed by atoms with Crippen LogP contribution in [0, 0.1) is 5.92 Å². The van der Waals surface area contributed by atoms with Gasteiger partial charge in [-0.15, -0.1) is 0 Å². The summed E-state index contributed by atoms with van der Waals surface area (Å²) in [6.07, 6.45) is 2.65. The zero-order valence-electron chi connectivity index (χ0n) is 19.5. The van der Waals surface area contributed by atoms with Crippen LogP contribution in [-0.2, 0) is 22.4 Å². The fraction of sp³-hybridized carbons (Fsp3) is 0.207. The Hall–Kier alpha value is -4.19. The molecule has 0 bridgehead atoms. The number of nitrogens with one attached hydrogen (secondary N) is 1. The monoisotopic (exact) mass is 466 g/mol. The van der Waals surface area contributed by atoms with Crippen LogP contribution in [0.25, 0.3) is 10.9 Å². The number of pyridine rings is 1. The summed E-state index contributed by atoms with van der Waals surface area (Å²) in [5, 5.41) is 3.55. The average Bonchev–Trinajstić information content (AvgIpc) is 2.88. The molecule has 1 atom stereocenters. The van der Waals surface area contributed by atoms with Crippen LogP contribution in [0.3, 0.4) is 0 Å². The molecule has 0 fully saturated rings. The molecule has 0 aliphatic heterocycles. The maximum absolute atomic E-state index is 13.2. The van der Waals surface area contributed by atoms with E-state index in [4.69, 9.17) is 14.5 Å². The summed E-state index contributed by atoms with van der Waals surface area (Å²) < 4.78 is 11.4. The van der Waals surface area contributed by atoms with E-state index >= 15 is 0 Å². The van der Waals surface area contributed by atoms with E-state index in [0.717, 1.165) is 41.4 Å². The van der Waals surface area contributed by atoms with Gasteiger partial charge in [-0.25, -0.2) is 4.79 Å². The summed E-state index contributed by atoms with van der Waals surface area (Å²) in [4.78, 5) is 30.7. The van der Waals surface area contributed by atoms with E-state index in [-0.39, 0.29) is 0 Å². The number of hydrogen-bond donors (Lipinski definition) is 1. The molecule has 1 aromatic heterocycles. The Balaban J connectivity index is 1.32. The molecule has 6 nitrogen and oxygen atoms in total. The number of amides is 1. The maximum atomic E-state index is 13.2. The first-order chi connectivity index (χ1) is 17.1. The third-order valence-corrected chi connectivity index (χ3v) is 6.18. The van der Waals surface area contributed by atoms with Crippen molar-refractivity contribution in [2.75, 3.05) is 11.9 Å². The minimum atomic E-state index is -0.502. The van der Waals surface area contributed by atoms with Crippen molar-refractivity contribution in [1.82, 2.24) is 4.98 Å². The summed E-state index contributed by atoms with van der Waals surface area (Å²) in [5.74, 6) is 0.674. The second kappa shape index (κ2) is 9.97. The minimum absolute atomic E-state index is 0.403. The predicted molar refractivity (Wildman–Crippen MR) is 135 cm³/mol.